The number of nitrogens with one attached hydrogen (secondary N) is 1. The molecule has 0 saturated carbocycles. The van der Waals surface area contributed by atoms with Crippen molar-refractivity contribution in [3.63, 3.8) is 0 Å². The number of nitrogens with two attached hydrogens (primary N) is 1. The second-order valence-corrected chi connectivity index (χ2v) is 6.61. The van der Waals surface area contributed by atoms with Crippen molar-refractivity contribution in [2.45, 2.75) is 39.2 Å². The lowest BCUT2D eigenvalue weighted by atomic mass is 10.1. The van der Waals surface area contributed by atoms with Gasteiger partial charge in [-0.1, -0.05) is 31.0 Å². The second kappa shape index (κ2) is 9.36. The molecular formula is C17H27Cl2N3O. The topological polar surface area (TPSA) is 58.4 Å². The maximum absolute atomic E-state index is 11.9. The Morgan fingerprint density at radius 3 is 2.96 bits per heavy atom. The first-order valence-electron chi connectivity index (χ1n) is 8.05. The lowest BCUT2D eigenvalue weighted by Crippen LogP contribution is -2.42. The molecule has 2 rings (SSSR count). The predicted molar refractivity (Wildman–Crippen MR) is 99.7 cm³/mol. The number of carbonyl (C=O) groups excluding carboxylic acids is 1. The summed E-state index contributed by atoms with van der Waals surface area (Å²) in [5, 5.41) is 3.76. The Labute approximate surface area is 150 Å². The number of hydrogen-bond donors (Lipinski definition) is 2. The van der Waals surface area contributed by atoms with Crippen molar-refractivity contribution in [3.05, 3.63) is 28.8 Å². The highest BCUT2D eigenvalue weighted by Gasteiger charge is 2.24. The van der Waals surface area contributed by atoms with Crippen LogP contribution in [0.15, 0.2) is 18.2 Å². The van der Waals surface area contributed by atoms with Crippen LogP contribution >= 0.6 is 24.0 Å². The van der Waals surface area contributed by atoms with Gasteiger partial charge >= 0.3 is 0 Å². The third-order valence-electron chi connectivity index (χ3n) is 4.30. The van der Waals surface area contributed by atoms with Crippen LogP contribution in [0.4, 0.5) is 5.69 Å². The summed E-state index contributed by atoms with van der Waals surface area (Å²) in [5.41, 5.74) is 8.26. The van der Waals surface area contributed by atoms with Crippen molar-refractivity contribution in [1.29, 1.82) is 0 Å². The molecule has 3 N–H and O–H groups in total. The fraction of sp³-hybridized carbons (Fsp3) is 0.588. The molecule has 2 atom stereocenters. The molecule has 2 unspecified atom stereocenters. The average molecular weight is 360 g/mol. The van der Waals surface area contributed by atoms with E-state index in [-0.39, 0.29) is 24.4 Å². The van der Waals surface area contributed by atoms with E-state index in [1.807, 2.05) is 19.1 Å². The molecule has 1 aliphatic heterocycles. The molecule has 0 radical (unpaired) electrons. The Balaban J connectivity index is 0.00000264. The molecule has 6 heteroatoms. The van der Waals surface area contributed by atoms with E-state index in [1.54, 1.807) is 0 Å². The smallest absolute Gasteiger partial charge is 0.236 e. The summed E-state index contributed by atoms with van der Waals surface area (Å²) in [6, 6.07) is 5.62. The molecule has 4 nitrogen and oxygen atoms in total. The summed E-state index contributed by atoms with van der Waals surface area (Å²) in [6.07, 6.45) is 2.75. The number of rotatable bonds is 6. The van der Waals surface area contributed by atoms with Gasteiger partial charge in [-0.15, -0.1) is 12.4 Å². The second-order valence-electron chi connectivity index (χ2n) is 6.17. The average Bonchev–Trinajstić information content (AvgIpc) is 2.96. The lowest BCUT2D eigenvalue weighted by molar-refractivity contribution is -0.122. The van der Waals surface area contributed by atoms with Crippen LogP contribution in [0.1, 0.15) is 31.7 Å². The molecule has 130 valence electrons. The van der Waals surface area contributed by atoms with Gasteiger partial charge < -0.3 is 16.0 Å². The zero-order valence-electron chi connectivity index (χ0n) is 13.8. The van der Waals surface area contributed by atoms with E-state index in [2.05, 4.69) is 23.2 Å². The number of amides is 1. The summed E-state index contributed by atoms with van der Waals surface area (Å²) in [6.45, 7) is 6.79. The van der Waals surface area contributed by atoms with E-state index in [1.165, 1.54) is 11.3 Å². The lowest BCUT2D eigenvalue weighted by Gasteiger charge is -2.21. The van der Waals surface area contributed by atoms with Gasteiger partial charge in [0.25, 0.3) is 0 Å². The highest BCUT2D eigenvalue weighted by atomic mass is 35.5. The molecule has 1 saturated heterocycles. The first-order chi connectivity index (χ1) is 10.5. The molecule has 1 amide bonds. The Kier molecular flexibility index (Phi) is 8.17. The van der Waals surface area contributed by atoms with E-state index < -0.39 is 0 Å². The van der Waals surface area contributed by atoms with Gasteiger partial charge in [0.1, 0.15) is 0 Å². The third kappa shape index (κ3) is 5.55. The third-order valence-corrected chi connectivity index (χ3v) is 4.53. The van der Waals surface area contributed by atoms with Crippen LogP contribution in [-0.2, 0) is 4.79 Å². The van der Waals surface area contributed by atoms with Crippen molar-refractivity contribution in [3.8, 4) is 0 Å². The van der Waals surface area contributed by atoms with Gasteiger partial charge in [0, 0.05) is 30.3 Å². The SMILES string of the molecule is CCCC(N)C(=O)NCC1CCN(c2cc(Cl)ccc2C)C1.Cl. The van der Waals surface area contributed by atoms with Crippen molar-refractivity contribution in [1.82, 2.24) is 5.32 Å². The summed E-state index contributed by atoms with van der Waals surface area (Å²) in [7, 11) is 0. The van der Waals surface area contributed by atoms with E-state index >= 15 is 0 Å². The van der Waals surface area contributed by atoms with Gasteiger partial charge in [0.05, 0.1) is 6.04 Å². The molecule has 1 aromatic carbocycles. The number of carbonyl (C=O) groups is 1. The molecule has 1 heterocycles. The first-order valence-corrected chi connectivity index (χ1v) is 8.43. The highest BCUT2D eigenvalue weighted by molar-refractivity contribution is 6.30. The van der Waals surface area contributed by atoms with Crippen LogP contribution in [0.25, 0.3) is 0 Å². The number of halogens is 2. The fourth-order valence-electron chi connectivity index (χ4n) is 2.96. The van der Waals surface area contributed by atoms with Crippen LogP contribution in [0.2, 0.25) is 5.02 Å². The van der Waals surface area contributed by atoms with Crippen LogP contribution in [0.3, 0.4) is 0 Å². The Hall–Kier alpha value is -0.970. The summed E-state index contributed by atoms with van der Waals surface area (Å²) >= 11 is 6.10. The molecule has 23 heavy (non-hydrogen) atoms. The number of aryl methyl sites for hydroxylation is 1. The molecular weight excluding hydrogens is 333 g/mol. The van der Waals surface area contributed by atoms with Gasteiger partial charge in [-0.2, -0.15) is 0 Å². The summed E-state index contributed by atoms with van der Waals surface area (Å²) < 4.78 is 0. The minimum atomic E-state index is -0.377. The molecule has 1 aromatic rings. The molecule has 0 aromatic heterocycles. The molecule has 1 fully saturated rings. The van der Waals surface area contributed by atoms with Crippen molar-refractivity contribution in [2.75, 3.05) is 24.5 Å². The normalized spacial score (nSPS) is 18.4. The molecule has 0 aliphatic carbocycles. The number of nitrogens with zero attached hydrogens (tertiary/aromatic N) is 1. The van der Waals surface area contributed by atoms with Crippen LogP contribution in [-0.4, -0.2) is 31.6 Å². The fourth-order valence-corrected chi connectivity index (χ4v) is 3.13. The zero-order valence-corrected chi connectivity index (χ0v) is 15.4. The Bertz CT molecular complexity index is 525. The van der Waals surface area contributed by atoms with Crippen molar-refractivity contribution < 1.29 is 4.79 Å². The van der Waals surface area contributed by atoms with Crippen molar-refractivity contribution >= 4 is 35.6 Å². The van der Waals surface area contributed by atoms with Crippen LogP contribution in [0.5, 0.6) is 0 Å². The van der Waals surface area contributed by atoms with Gasteiger partial charge in [0.15, 0.2) is 0 Å². The molecule has 0 bridgehead atoms. The maximum Gasteiger partial charge on any atom is 0.236 e. The molecule has 0 spiro atoms. The van der Waals surface area contributed by atoms with E-state index in [0.717, 1.165) is 37.4 Å². The van der Waals surface area contributed by atoms with Crippen LogP contribution in [0, 0.1) is 12.8 Å². The predicted octanol–water partition coefficient (Wildman–Crippen LogP) is 3.14. The number of benzene rings is 1. The van der Waals surface area contributed by atoms with E-state index in [4.69, 9.17) is 17.3 Å². The quantitative estimate of drug-likeness (QED) is 0.819. The van der Waals surface area contributed by atoms with Crippen LogP contribution < -0.4 is 16.0 Å². The number of hydrogen-bond acceptors (Lipinski definition) is 3. The largest absolute Gasteiger partial charge is 0.371 e. The van der Waals surface area contributed by atoms with Gasteiger partial charge in [-0.3, -0.25) is 4.79 Å². The van der Waals surface area contributed by atoms with Gasteiger partial charge in [-0.25, -0.2) is 0 Å². The highest BCUT2D eigenvalue weighted by Crippen LogP contribution is 2.29. The van der Waals surface area contributed by atoms with Gasteiger partial charge in [0.2, 0.25) is 5.91 Å². The monoisotopic (exact) mass is 359 g/mol. The standard InChI is InChI=1S/C17H26ClN3O.ClH/c1-3-4-15(19)17(22)20-10-13-7-8-21(11-13)16-9-14(18)6-5-12(16)2;/h5-6,9,13,15H,3-4,7-8,10-11,19H2,1-2H3,(H,20,22);1H. The molecule has 1 aliphatic rings. The van der Waals surface area contributed by atoms with Gasteiger partial charge in [-0.05, 0) is 43.4 Å². The summed E-state index contributed by atoms with van der Waals surface area (Å²) in [5.74, 6) is 0.440. The minimum Gasteiger partial charge on any atom is -0.371 e. The first kappa shape index (κ1) is 20.1. The maximum atomic E-state index is 11.9. The Morgan fingerprint density at radius 2 is 2.26 bits per heavy atom. The zero-order chi connectivity index (χ0) is 16.1. The van der Waals surface area contributed by atoms with E-state index in [9.17, 15) is 4.79 Å². The van der Waals surface area contributed by atoms with Crippen molar-refractivity contribution in [2.24, 2.45) is 11.7 Å². The number of anilines is 1. The summed E-state index contributed by atoms with van der Waals surface area (Å²) in [4.78, 5) is 14.2. The Morgan fingerprint density at radius 1 is 1.52 bits per heavy atom. The minimum absolute atomic E-state index is 0. The van der Waals surface area contributed by atoms with E-state index in [0.29, 0.717) is 12.5 Å².